The zero-order chi connectivity index (χ0) is 19.8. The van der Waals surface area contributed by atoms with Gasteiger partial charge < -0.3 is 4.90 Å². The number of H-pyrrole nitrogens is 1. The van der Waals surface area contributed by atoms with Crippen molar-refractivity contribution in [3.63, 3.8) is 0 Å². The summed E-state index contributed by atoms with van der Waals surface area (Å²) in [6.07, 6.45) is 5.30. The molecule has 0 radical (unpaired) electrons. The number of hydrogen-bond acceptors (Lipinski definition) is 7. The van der Waals surface area contributed by atoms with Crippen molar-refractivity contribution in [2.75, 3.05) is 11.9 Å². The maximum atomic E-state index is 4.51. The quantitative estimate of drug-likeness (QED) is 0.509. The Morgan fingerprint density at radius 1 is 1.00 bits per heavy atom. The van der Waals surface area contributed by atoms with E-state index in [1.807, 2.05) is 42.9 Å². The van der Waals surface area contributed by atoms with Crippen molar-refractivity contribution in [3.8, 4) is 22.5 Å². The molecule has 0 aliphatic carbocycles. The van der Waals surface area contributed by atoms with E-state index < -0.39 is 0 Å². The van der Waals surface area contributed by atoms with E-state index >= 15 is 0 Å². The Balaban J connectivity index is 1.52. The number of aryl methyl sites for hydroxylation is 1. The Morgan fingerprint density at radius 2 is 1.86 bits per heavy atom. The molecule has 5 rings (SSSR count). The molecule has 1 aromatic carbocycles. The number of fused-ring (bicyclic) bond motifs is 1. The number of anilines is 2. The molecule has 0 bridgehead atoms. The lowest BCUT2D eigenvalue weighted by Crippen LogP contribution is -2.14. The fourth-order valence-corrected chi connectivity index (χ4v) is 3.36. The van der Waals surface area contributed by atoms with Gasteiger partial charge in [0.05, 0.1) is 6.20 Å². The molecule has 4 heterocycles. The van der Waals surface area contributed by atoms with E-state index in [1.54, 1.807) is 12.4 Å². The second-order valence-corrected chi connectivity index (χ2v) is 6.63. The van der Waals surface area contributed by atoms with Crippen LogP contribution in [0.2, 0.25) is 0 Å². The van der Waals surface area contributed by atoms with Crippen LogP contribution in [0.3, 0.4) is 0 Å². The predicted molar refractivity (Wildman–Crippen MR) is 109 cm³/mol. The Hall–Kier alpha value is -4.14. The van der Waals surface area contributed by atoms with Gasteiger partial charge in [-0.2, -0.15) is 9.61 Å². The summed E-state index contributed by atoms with van der Waals surface area (Å²) in [6, 6.07) is 14.1. The summed E-state index contributed by atoms with van der Waals surface area (Å²) in [5.74, 6) is 1.55. The summed E-state index contributed by atoms with van der Waals surface area (Å²) in [5.41, 5.74) is 5.67. The average Bonchev–Trinajstić information content (AvgIpc) is 3.45. The first-order valence-corrected chi connectivity index (χ1v) is 9.04. The van der Waals surface area contributed by atoms with Gasteiger partial charge >= 0.3 is 0 Å². The summed E-state index contributed by atoms with van der Waals surface area (Å²) < 4.78 is 1.83. The standard InChI is InChI=1S/C20H17N9/c1-13-11-19(29-18(23-13)8-10-22-29)28(2)15-5-3-14(4-6-15)17-12-21-9-7-16(17)20-24-26-27-25-20/h3-12H,1-2H3,(H,24,25,26,27). The van der Waals surface area contributed by atoms with Crippen LogP contribution in [-0.4, -0.2) is 47.3 Å². The van der Waals surface area contributed by atoms with Gasteiger partial charge in [0.15, 0.2) is 11.5 Å². The van der Waals surface area contributed by atoms with Crippen molar-refractivity contribution in [1.29, 1.82) is 0 Å². The van der Waals surface area contributed by atoms with E-state index in [1.165, 1.54) is 0 Å². The number of benzene rings is 1. The summed E-state index contributed by atoms with van der Waals surface area (Å²) in [6.45, 7) is 1.98. The smallest absolute Gasteiger partial charge is 0.180 e. The number of aromatic amines is 1. The van der Waals surface area contributed by atoms with Crippen LogP contribution in [0.4, 0.5) is 11.5 Å². The third-order valence-corrected chi connectivity index (χ3v) is 4.80. The van der Waals surface area contributed by atoms with E-state index in [2.05, 4.69) is 64.9 Å². The van der Waals surface area contributed by atoms with Crippen LogP contribution in [-0.2, 0) is 0 Å². The number of hydrogen-bond donors (Lipinski definition) is 1. The SMILES string of the molecule is Cc1cc(N(C)c2ccc(-c3cnccc3-c3nnn[nH]3)cc2)n2nccc2n1. The summed E-state index contributed by atoms with van der Waals surface area (Å²) in [7, 11) is 2.01. The van der Waals surface area contributed by atoms with E-state index in [0.29, 0.717) is 5.82 Å². The maximum absolute atomic E-state index is 4.51. The van der Waals surface area contributed by atoms with Crippen LogP contribution in [0.15, 0.2) is 61.1 Å². The molecule has 0 atom stereocenters. The molecular formula is C20H17N9. The van der Waals surface area contributed by atoms with Gasteiger partial charge in [-0.25, -0.2) is 10.1 Å². The predicted octanol–water partition coefficient (Wildman–Crippen LogP) is 3.05. The van der Waals surface area contributed by atoms with E-state index in [4.69, 9.17) is 0 Å². The Morgan fingerprint density at radius 3 is 2.66 bits per heavy atom. The average molecular weight is 383 g/mol. The highest BCUT2D eigenvalue weighted by atomic mass is 15.5. The molecule has 1 N–H and O–H groups in total. The molecule has 0 aliphatic rings. The minimum Gasteiger partial charge on any atom is -0.329 e. The van der Waals surface area contributed by atoms with Crippen molar-refractivity contribution >= 4 is 17.2 Å². The summed E-state index contributed by atoms with van der Waals surface area (Å²) >= 11 is 0. The molecule has 142 valence electrons. The zero-order valence-corrected chi connectivity index (χ0v) is 15.9. The van der Waals surface area contributed by atoms with Gasteiger partial charge in [0.25, 0.3) is 0 Å². The van der Waals surface area contributed by atoms with Crippen molar-refractivity contribution < 1.29 is 0 Å². The van der Waals surface area contributed by atoms with Crippen molar-refractivity contribution in [2.24, 2.45) is 0 Å². The molecule has 9 heteroatoms. The largest absolute Gasteiger partial charge is 0.329 e. The van der Waals surface area contributed by atoms with Gasteiger partial charge in [-0.15, -0.1) is 5.10 Å². The molecule has 0 saturated carbocycles. The lowest BCUT2D eigenvalue weighted by atomic mass is 10.0. The van der Waals surface area contributed by atoms with Crippen molar-refractivity contribution in [3.05, 3.63) is 66.7 Å². The molecule has 0 amide bonds. The number of pyridine rings is 1. The second kappa shape index (κ2) is 6.79. The number of tetrazole rings is 1. The number of aromatic nitrogens is 8. The van der Waals surface area contributed by atoms with Gasteiger partial charge in [-0.3, -0.25) is 4.98 Å². The van der Waals surface area contributed by atoms with Crippen LogP contribution < -0.4 is 4.90 Å². The van der Waals surface area contributed by atoms with Crippen LogP contribution in [0.1, 0.15) is 5.69 Å². The number of nitrogens with one attached hydrogen (secondary N) is 1. The van der Waals surface area contributed by atoms with E-state index in [9.17, 15) is 0 Å². The van der Waals surface area contributed by atoms with E-state index in [0.717, 1.165) is 39.5 Å². The lowest BCUT2D eigenvalue weighted by molar-refractivity contribution is 0.881. The third kappa shape index (κ3) is 2.98. The third-order valence-electron chi connectivity index (χ3n) is 4.80. The molecule has 0 fully saturated rings. The van der Waals surface area contributed by atoms with Crippen LogP contribution in [0.25, 0.3) is 28.2 Å². The maximum Gasteiger partial charge on any atom is 0.180 e. The van der Waals surface area contributed by atoms with Crippen molar-refractivity contribution in [2.45, 2.75) is 6.92 Å². The molecular weight excluding hydrogens is 366 g/mol. The molecule has 0 spiro atoms. The summed E-state index contributed by atoms with van der Waals surface area (Å²) in [5, 5.41) is 18.6. The van der Waals surface area contributed by atoms with Crippen molar-refractivity contribution in [1.82, 2.24) is 40.2 Å². The van der Waals surface area contributed by atoms with Gasteiger partial charge in [0.1, 0.15) is 5.82 Å². The second-order valence-electron chi connectivity index (χ2n) is 6.63. The van der Waals surface area contributed by atoms with Gasteiger partial charge in [0, 0.05) is 54.1 Å². The Labute approximate surface area is 166 Å². The highest BCUT2D eigenvalue weighted by molar-refractivity contribution is 5.80. The van der Waals surface area contributed by atoms with Gasteiger partial charge in [-0.05, 0) is 41.1 Å². The molecule has 0 aliphatic heterocycles. The zero-order valence-electron chi connectivity index (χ0n) is 15.9. The first kappa shape index (κ1) is 17.0. The Bertz CT molecular complexity index is 1270. The fourth-order valence-electron chi connectivity index (χ4n) is 3.36. The minimum atomic E-state index is 0.608. The highest BCUT2D eigenvalue weighted by Crippen LogP contribution is 2.31. The number of nitrogens with zero attached hydrogens (tertiary/aromatic N) is 8. The molecule has 29 heavy (non-hydrogen) atoms. The van der Waals surface area contributed by atoms with Crippen LogP contribution in [0, 0.1) is 6.92 Å². The lowest BCUT2D eigenvalue weighted by Gasteiger charge is -2.21. The summed E-state index contributed by atoms with van der Waals surface area (Å²) in [4.78, 5) is 10.9. The monoisotopic (exact) mass is 383 g/mol. The molecule has 5 aromatic rings. The normalized spacial score (nSPS) is 11.1. The highest BCUT2D eigenvalue weighted by Gasteiger charge is 2.13. The Kier molecular flexibility index (Phi) is 3.98. The van der Waals surface area contributed by atoms with Gasteiger partial charge in [0.2, 0.25) is 0 Å². The minimum absolute atomic E-state index is 0.608. The first-order chi connectivity index (χ1) is 14.2. The molecule has 0 unspecified atom stereocenters. The van der Waals surface area contributed by atoms with Crippen LogP contribution >= 0.6 is 0 Å². The fraction of sp³-hybridized carbons (Fsp3) is 0.100. The molecule has 9 nitrogen and oxygen atoms in total. The molecule has 0 saturated heterocycles. The van der Waals surface area contributed by atoms with Gasteiger partial charge in [-0.1, -0.05) is 12.1 Å². The number of rotatable bonds is 4. The first-order valence-electron chi connectivity index (χ1n) is 9.04. The van der Waals surface area contributed by atoms with Crippen LogP contribution in [0.5, 0.6) is 0 Å². The topological polar surface area (TPSA) is 101 Å². The van der Waals surface area contributed by atoms with E-state index in [-0.39, 0.29) is 0 Å². The molecule has 4 aromatic heterocycles.